The topological polar surface area (TPSA) is 195 Å². The number of hydrogen-bond donors (Lipinski definition) is 4. The summed E-state index contributed by atoms with van der Waals surface area (Å²) in [6, 6.07) is -0.0448. The van der Waals surface area contributed by atoms with E-state index >= 15 is 0 Å². The van der Waals surface area contributed by atoms with E-state index in [1.807, 2.05) is 0 Å². The Kier molecular flexibility index (Phi) is 9.71. The number of rotatable bonds is 12. The first-order valence-corrected chi connectivity index (χ1v) is 14.9. The highest BCUT2D eigenvalue weighted by molar-refractivity contribution is 8.13. The quantitative estimate of drug-likeness (QED) is 0.149. The fraction of sp³-hybridized carbons (Fsp3) is 0.739. The molecule has 1 aromatic heterocycles. The van der Waals surface area contributed by atoms with Crippen LogP contribution in [0.4, 0.5) is 0 Å². The van der Waals surface area contributed by atoms with Crippen LogP contribution in [0.15, 0.2) is 21.9 Å². The molecule has 1 unspecified atom stereocenters. The summed E-state index contributed by atoms with van der Waals surface area (Å²) in [5.41, 5.74) is -3.51. The molecule has 2 aliphatic rings. The first kappa shape index (κ1) is 31.7. The van der Waals surface area contributed by atoms with Crippen LogP contribution in [-0.2, 0) is 32.7 Å². The maximum Gasteiger partial charge on any atom is 0.406 e. The molecule has 0 spiro atoms. The SMILES string of the molecule is CC(C)OC(=O)[C@H](C)N[P@](=O)(OCCSC(=O)C(C)(C)C)OC1[C@H]2O[C@@H](n3ccc(=O)[nH]c3=O)[C@H](O)[C@@]12CO. The van der Waals surface area contributed by atoms with Crippen molar-refractivity contribution in [1.82, 2.24) is 14.6 Å². The minimum Gasteiger partial charge on any atom is -0.462 e. The fourth-order valence-electron chi connectivity index (χ4n) is 4.07. The molecule has 4 N–H and O–H groups in total. The Morgan fingerprint density at radius 1 is 1.31 bits per heavy atom. The molecule has 39 heavy (non-hydrogen) atoms. The van der Waals surface area contributed by atoms with Gasteiger partial charge in [-0.2, -0.15) is 0 Å². The van der Waals surface area contributed by atoms with Crippen LogP contribution in [0, 0.1) is 10.8 Å². The number of carbonyl (C=O) groups excluding carboxylic acids is 2. The van der Waals surface area contributed by atoms with Crippen molar-refractivity contribution < 1.29 is 42.9 Å². The molecule has 1 aliphatic carbocycles. The first-order chi connectivity index (χ1) is 18.1. The number of nitrogens with one attached hydrogen (secondary N) is 2. The molecular formula is C23H36N3O11PS. The Balaban J connectivity index is 1.75. The van der Waals surface area contributed by atoms with Gasteiger partial charge in [0.25, 0.3) is 5.56 Å². The summed E-state index contributed by atoms with van der Waals surface area (Å²) in [7, 11) is -4.30. The largest absolute Gasteiger partial charge is 0.462 e. The third kappa shape index (κ3) is 6.91. The van der Waals surface area contributed by atoms with Gasteiger partial charge < -0.3 is 19.7 Å². The van der Waals surface area contributed by atoms with Crippen molar-refractivity contribution in [2.24, 2.45) is 10.8 Å². The highest BCUT2D eigenvalue weighted by Gasteiger charge is 2.79. The summed E-state index contributed by atoms with van der Waals surface area (Å²) < 4.78 is 36.9. The summed E-state index contributed by atoms with van der Waals surface area (Å²) in [6.07, 6.45) is -4.15. The van der Waals surface area contributed by atoms with Crippen LogP contribution in [0.2, 0.25) is 0 Å². The number of fused-ring (bicyclic) bond motifs is 1. The Hall–Kier alpha value is -1.84. The summed E-state index contributed by atoms with van der Waals surface area (Å²) >= 11 is 0.991. The van der Waals surface area contributed by atoms with E-state index in [2.05, 4.69) is 10.1 Å². The first-order valence-electron chi connectivity index (χ1n) is 12.4. The van der Waals surface area contributed by atoms with E-state index in [0.717, 1.165) is 28.6 Å². The number of nitrogens with zero attached hydrogens (tertiary/aromatic N) is 1. The number of esters is 1. The van der Waals surface area contributed by atoms with Gasteiger partial charge in [-0.05, 0) is 20.8 Å². The molecule has 0 radical (unpaired) electrons. The molecule has 7 atom stereocenters. The maximum absolute atomic E-state index is 13.8. The number of H-pyrrole nitrogens is 1. The lowest BCUT2D eigenvalue weighted by atomic mass is 9.99. The number of hydrogen-bond acceptors (Lipinski definition) is 12. The van der Waals surface area contributed by atoms with E-state index in [0.29, 0.717) is 0 Å². The predicted octanol–water partition coefficient (Wildman–Crippen LogP) is 0.533. The summed E-state index contributed by atoms with van der Waals surface area (Å²) in [5, 5.41) is 23.6. The second-order valence-electron chi connectivity index (χ2n) is 10.8. The summed E-state index contributed by atoms with van der Waals surface area (Å²) in [5.74, 6) is -0.567. The van der Waals surface area contributed by atoms with Gasteiger partial charge in [-0.25, -0.2) is 14.4 Å². The predicted molar refractivity (Wildman–Crippen MR) is 140 cm³/mol. The summed E-state index contributed by atoms with van der Waals surface area (Å²) in [6.45, 7) is 9.16. The molecule has 0 aromatic carbocycles. The van der Waals surface area contributed by atoms with Crippen molar-refractivity contribution in [2.75, 3.05) is 19.0 Å². The monoisotopic (exact) mass is 593 g/mol. The van der Waals surface area contributed by atoms with E-state index in [1.165, 1.54) is 6.92 Å². The lowest BCUT2D eigenvalue weighted by molar-refractivity contribution is -0.149. The van der Waals surface area contributed by atoms with Crippen LogP contribution in [0.3, 0.4) is 0 Å². The molecule has 3 rings (SSSR count). The summed E-state index contributed by atoms with van der Waals surface area (Å²) in [4.78, 5) is 50.2. The molecule has 1 aliphatic heterocycles. The van der Waals surface area contributed by atoms with Crippen molar-refractivity contribution >= 4 is 30.6 Å². The zero-order valence-electron chi connectivity index (χ0n) is 22.6. The van der Waals surface area contributed by atoms with Gasteiger partial charge in [-0.1, -0.05) is 32.5 Å². The van der Waals surface area contributed by atoms with Gasteiger partial charge >= 0.3 is 19.4 Å². The Labute approximate surface area is 229 Å². The minimum absolute atomic E-state index is 0.0975. The van der Waals surface area contributed by atoms with Gasteiger partial charge in [0.2, 0.25) is 0 Å². The van der Waals surface area contributed by atoms with Crippen molar-refractivity contribution in [3.05, 3.63) is 33.1 Å². The molecule has 0 amide bonds. The number of aliphatic hydroxyl groups is 2. The lowest BCUT2D eigenvalue weighted by Gasteiger charge is -2.28. The number of thioether (sulfide) groups is 1. The van der Waals surface area contributed by atoms with E-state index in [9.17, 15) is 34.0 Å². The minimum atomic E-state index is -4.30. The smallest absolute Gasteiger partial charge is 0.406 e. The molecule has 1 saturated heterocycles. The van der Waals surface area contributed by atoms with Crippen LogP contribution in [0.1, 0.15) is 47.8 Å². The van der Waals surface area contributed by atoms with E-state index < -0.39 is 79.1 Å². The normalized spacial score (nSPS) is 28.5. The molecule has 14 nitrogen and oxygen atoms in total. The number of aromatic nitrogens is 2. The van der Waals surface area contributed by atoms with Crippen LogP contribution < -0.4 is 16.3 Å². The fourth-order valence-corrected chi connectivity index (χ4v) is 6.69. The zero-order valence-corrected chi connectivity index (χ0v) is 24.3. The highest BCUT2D eigenvalue weighted by Crippen LogP contribution is 2.66. The van der Waals surface area contributed by atoms with Gasteiger partial charge in [-0.15, -0.1) is 0 Å². The second kappa shape index (κ2) is 12.0. The van der Waals surface area contributed by atoms with Gasteiger partial charge in [0.05, 0.1) is 24.7 Å². The van der Waals surface area contributed by atoms with Crippen molar-refractivity contribution in [1.29, 1.82) is 0 Å². The lowest BCUT2D eigenvalue weighted by Crippen LogP contribution is -2.41. The molecule has 2 heterocycles. The molecular weight excluding hydrogens is 557 g/mol. The third-order valence-electron chi connectivity index (χ3n) is 6.23. The highest BCUT2D eigenvalue weighted by atomic mass is 32.2. The van der Waals surface area contributed by atoms with Gasteiger partial charge in [0.1, 0.15) is 24.4 Å². The molecule has 16 heteroatoms. The number of carbonyl (C=O) groups is 2. The number of aromatic amines is 1. The van der Waals surface area contributed by atoms with Crippen LogP contribution >= 0.6 is 19.5 Å². The van der Waals surface area contributed by atoms with Crippen LogP contribution in [-0.4, -0.2) is 80.3 Å². The van der Waals surface area contributed by atoms with Crippen molar-refractivity contribution in [3.8, 4) is 0 Å². The molecule has 0 bridgehead atoms. The van der Waals surface area contributed by atoms with Gasteiger partial charge in [0, 0.05) is 23.4 Å². The molecule has 220 valence electrons. The molecule has 2 fully saturated rings. The van der Waals surface area contributed by atoms with E-state index in [-0.39, 0.29) is 17.5 Å². The third-order valence-corrected chi connectivity index (χ3v) is 9.21. The zero-order chi connectivity index (χ0) is 29.3. The second-order valence-corrected chi connectivity index (χ2v) is 13.5. The Morgan fingerprint density at radius 3 is 2.51 bits per heavy atom. The molecule has 1 saturated carbocycles. The van der Waals surface area contributed by atoms with Gasteiger partial charge in [0.15, 0.2) is 11.3 Å². The Bertz CT molecular complexity index is 1230. The standard InChI is InChI=1S/C23H36N3O11PS/c1-12(2)35-19(30)13(3)25-38(33,34-9-10-39-20(31)22(4,5)6)37-17-16-23(17,11-27)15(29)18(36-16)26-8-7-14(28)24-21(26)32/h7-8,12-13,15-18,27,29H,9-11H2,1-6H3,(H,25,33)(H,24,28,32)/t13-,15-,16+,17?,18+,23+,38-/m0/s1. The van der Waals surface area contributed by atoms with E-state index in [4.69, 9.17) is 18.5 Å². The number of ether oxygens (including phenoxy) is 2. The molecule has 1 aromatic rings. The van der Waals surface area contributed by atoms with Crippen molar-refractivity contribution in [3.63, 3.8) is 0 Å². The Morgan fingerprint density at radius 2 is 1.97 bits per heavy atom. The van der Waals surface area contributed by atoms with Crippen molar-refractivity contribution in [2.45, 2.75) is 78.2 Å². The van der Waals surface area contributed by atoms with Gasteiger partial charge in [-0.3, -0.25) is 33.0 Å². The average Bonchev–Trinajstić information content (AvgIpc) is 3.31. The van der Waals surface area contributed by atoms with Crippen LogP contribution in [0.25, 0.3) is 0 Å². The maximum atomic E-state index is 13.8. The average molecular weight is 594 g/mol. The van der Waals surface area contributed by atoms with E-state index in [1.54, 1.807) is 34.6 Å². The number of aliphatic hydroxyl groups excluding tert-OH is 2. The van der Waals surface area contributed by atoms with Crippen LogP contribution in [0.5, 0.6) is 0 Å².